The van der Waals surface area contributed by atoms with Crippen molar-refractivity contribution < 1.29 is 19.4 Å². The number of hydrogen-bond donors (Lipinski definition) is 1. The lowest BCUT2D eigenvalue weighted by Gasteiger charge is -2.35. The summed E-state index contributed by atoms with van der Waals surface area (Å²) in [6, 6.07) is 13.0. The van der Waals surface area contributed by atoms with Gasteiger partial charge in [0.2, 0.25) is 0 Å². The van der Waals surface area contributed by atoms with Crippen LogP contribution in [0.25, 0.3) is 21.8 Å². The van der Waals surface area contributed by atoms with Crippen molar-refractivity contribution >= 4 is 62.6 Å². The predicted molar refractivity (Wildman–Crippen MR) is 214 cm³/mol. The molecule has 0 saturated heterocycles. The number of hydrogen-bond acceptors (Lipinski definition) is 3. The Bertz CT molecular complexity index is 2140. The topological polar surface area (TPSA) is 76.7 Å². The summed E-state index contributed by atoms with van der Waals surface area (Å²) in [6.07, 6.45) is 6.80. The van der Waals surface area contributed by atoms with Crippen LogP contribution in [0.5, 0.6) is 5.75 Å². The molecule has 3 heterocycles. The molecular weight excluding hydrogens is 693 g/mol. The molecule has 9 heteroatoms. The number of fused-ring (bicyclic) bond motifs is 4. The Morgan fingerprint density at radius 1 is 1.02 bits per heavy atom. The van der Waals surface area contributed by atoms with E-state index in [1.165, 1.54) is 12.8 Å². The van der Waals surface area contributed by atoms with Crippen LogP contribution in [0, 0.1) is 25.7 Å². The predicted octanol–water partition coefficient (Wildman–Crippen LogP) is 11.6. The van der Waals surface area contributed by atoms with Gasteiger partial charge in [0.25, 0.3) is 5.91 Å². The molecule has 4 atom stereocenters. The van der Waals surface area contributed by atoms with Gasteiger partial charge in [0.1, 0.15) is 11.4 Å². The highest BCUT2D eigenvalue weighted by Gasteiger charge is 2.38. The second-order valence-electron chi connectivity index (χ2n) is 15.1. The zero-order valence-corrected chi connectivity index (χ0v) is 33.2. The quantitative estimate of drug-likeness (QED) is 0.122. The molecule has 7 nitrogen and oxygen atoms in total. The van der Waals surface area contributed by atoms with Crippen molar-refractivity contribution in [1.82, 2.24) is 9.13 Å². The lowest BCUT2D eigenvalue weighted by Crippen LogP contribution is -2.42. The number of benzene rings is 3. The maximum absolute atomic E-state index is 15.0. The lowest BCUT2D eigenvalue weighted by molar-refractivity contribution is 0.0696. The third-order valence-corrected chi connectivity index (χ3v) is 12.4. The van der Waals surface area contributed by atoms with E-state index in [9.17, 15) is 9.90 Å². The molecule has 0 spiro atoms. The number of halogens is 2. The molecule has 3 aromatic carbocycles. The van der Waals surface area contributed by atoms with Crippen molar-refractivity contribution in [2.24, 2.45) is 18.9 Å². The second kappa shape index (κ2) is 15.2. The first-order valence-corrected chi connectivity index (χ1v) is 19.4. The molecule has 1 aliphatic heterocycles. The molecule has 6 rings (SSSR count). The molecule has 0 unspecified atom stereocenters. The fraction of sp³-hybridized carbons (Fsp3) is 0.442. The number of carbonyl (C=O) groups excluding carboxylic acids is 1. The maximum atomic E-state index is 15.0. The molecule has 0 saturated carbocycles. The van der Waals surface area contributed by atoms with E-state index in [2.05, 4.69) is 45.3 Å². The Morgan fingerprint density at radius 2 is 1.73 bits per heavy atom. The summed E-state index contributed by atoms with van der Waals surface area (Å²) in [6.45, 7) is 16.2. The molecule has 0 bridgehead atoms. The van der Waals surface area contributed by atoms with Gasteiger partial charge >= 0.3 is 5.97 Å². The van der Waals surface area contributed by atoms with Crippen molar-refractivity contribution in [3.05, 3.63) is 92.2 Å². The molecule has 2 aromatic heterocycles. The molecule has 52 heavy (non-hydrogen) atoms. The molecule has 1 aliphatic rings. The number of aromatic nitrogens is 2. The molecule has 0 fully saturated rings. The fourth-order valence-electron chi connectivity index (χ4n) is 8.29. The number of carbonyl (C=O) groups is 2. The van der Waals surface area contributed by atoms with Crippen molar-refractivity contribution in [1.29, 1.82) is 0 Å². The first-order valence-electron chi connectivity index (χ1n) is 18.6. The third-order valence-electron chi connectivity index (χ3n) is 11.5. The minimum absolute atomic E-state index is 0.0737. The SMILES string of the molecule is CCCC[C@@H](C)[C@@H](C)[C@H](C)c1c(Cl)ccc2c(CCCOc3cc(C)c(Cl)c(C)c3)c3n(c12)[C@H](C)CN(c1cn(C)c2ccc(C(=O)O)cc12)C3=O. The molecule has 276 valence electrons. The number of carboxylic acid groups (broad SMARTS) is 1. The van der Waals surface area contributed by atoms with E-state index < -0.39 is 5.97 Å². The highest BCUT2D eigenvalue weighted by molar-refractivity contribution is 6.33. The Morgan fingerprint density at radius 3 is 2.40 bits per heavy atom. The Hall–Kier alpha value is -3.94. The summed E-state index contributed by atoms with van der Waals surface area (Å²) < 4.78 is 10.4. The van der Waals surface area contributed by atoms with Crippen molar-refractivity contribution in [2.45, 2.75) is 92.5 Å². The summed E-state index contributed by atoms with van der Waals surface area (Å²) in [7, 11) is 1.93. The molecule has 0 aliphatic carbocycles. The number of amides is 1. The average molecular weight is 745 g/mol. The first kappa shape index (κ1) is 37.8. The van der Waals surface area contributed by atoms with Crippen molar-refractivity contribution in [3.63, 3.8) is 0 Å². The maximum Gasteiger partial charge on any atom is 0.335 e. The first-order chi connectivity index (χ1) is 24.7. The van der Waals surface area contributed by atoms with Crippen LogP contribution in [0.15, 0.2) is 48.7 Å². The summed E-state index contributed by atoms with van der Waals surface area (Å²) in [5.74, 6) is 0.758. The van der Waals surface area contributed by atoms with E-state index in [4.69, 9.17) is 27.9 Å². The number of aryl methyl sites for hydroxylation is 4. The van der Waals surface area contributed by atoms with Gasteiger partial charge in [0.05, 0.1) is 23.4 Å². The van der Waals surface area contributed by atoms with Crippen LogP contribution >= 0.6 is 23.2 Å². The van der Waals surface area contributed by atoms with Crippen molar-refractivity contribution in [3.8, 4) is 5.75 Å². The van der Waals surface area contributed by atoms with Crippen LogP contribution in [0.1, 0.15) is 115 Å². The summed E-state index contributed by atoms with van der Waals surface area (Å²) in [5.41, 5.74) is 7.54. The highest BCUT2D eigenvalue weighted by atomic mass is 35.5. The van der Waals surface area contributed by atoms with E-state index in [1.54, 1.807) is 12.1 Å². The van der Waals surface area contributed by atoms with Gasteiger partial charge in [-0.25, -0.2) is 4.79 Å². The molecule has 5 aromatic rings. The number of aromatic carboxylic acids is 1. The van der Waals surface area contributed by atoms with Crippen LogP contribution in [-0.4, -0.2) is 39.3 Å². The summed E-state index contributed by atoms with van der Waals surface area (Å²) in [4.78, 5) is 28.8. The van der Waals surface area contributed by atoms with Crippen molar-refractivity contribution in [2.75, 3.05) is 18.1 Å². The van der Waals surface area contributed by atoms with E-state index in [0.717, 1.165) is 66.3 Å². The van der Waals surface area contributed by atoms with Gasteiger partial charge in [-0.15, -0.1) is 0 Å². The normalized spacial score (nSPS) is 16.4. The van der Waals surface area contributed by atoms with Crippen LogP contribution in [0.2, 0.25) is 10.0 Å². The largest absolute Gasteiger partial charge is 0.494 e. The van der Waals surface area contributed by atoms with Crippen LogP contribution in [0.4, 0.5) is 5.69 Å². The Balaban J connectivity index is 1.46. The van der Waals surface area contributed by atoms with Gasteiger partial charge in [-0.2, -0.15) is 0 Å². The van der Waals surface area contributed by atoms with Gasteiger partial charge in [0.15, 0.2) is 0 Å². The third kappa shape index (κ3) is 6.82. The van der Waals surface area contributed by atoms with Crippen LogP contribution in [-0.2, 0) is 13.5 Å². The number of ether oxygens (including phenoxy) is 1. The van der Waals surface area contributed by atoms with Gasteiger partial charge in [-0.3, -0.25) is 4.79 Å². The van der Waals surface area contributed by atoms with Gasteiger partial charge in [-0.1, -0.05) is 76.2 Å². The number of carboxylic acids is 1. The number of rotatable bonds is 13. The second-order valence-corrected chi connectivity index (χ2v) is 15.9. The zero-order valence-electron chi connectivity index (χ0n) is 31.6. The molecule has 1 N–H and O–H groups in total. The number of unbranched alkanes of at least 4 members (excludes halogenated alkanes) is 1. The highest BCUT2D eigenvalue weighted by Crippen LogP contribution is 2.45. The van der Waals surface area contributed by atoms with E-state index >= 15 is 4.79 Å². The lowest BCUT2D eigenvalue weighted by atomic mass is 9.78. The van der Waals surface area contributed by atoms with E-state index in [0.29, 0.717) is 49.2 Å². The number of anilines is 1. The molecule has 1 amide bonds. The van der Waals surface area contributed by atoms with Gasteiger partial charge in [-0.05, 0) is 110 Å². The Labute approximate surface area is 317 Å². The molecular formula is C43H51Cl2N3O4. The minimum Gasteiger partial charge on any atom is -0.494 e. The summed E-state index contributed by atoms with van der Waals surface area (Å²) >= 11 is 13.6. The van der Waals surface area contributed by atoms with E-state index in [-0.39, 0.29) is 23.4 Å². The van der Waals surface area contributed by atoms with E-state index in [1.807, 2.05) is 60.8 Å². The average Bonchev–Trinajstić information content (AvgIpc) is 3.63. The summed E-state index contributed by atoms with van der Waals surface area (Å²) in [5, 5.41) is 13.1. The van der Waals surface area contributed by atoms with Gasteiger partial charge < -0.3 is 23.9 Å². The fourth-order valence-corrected chi connectivity index (χ4v) is 8.72. The molecule has 0 radical (unpaired) electrons. The zero-order chi connectivity index (χ0) is 37.6. The van der Waals surface area contributed by atoms with Crippen LogP contribution < -0.4 is 9.64 Å². The minimum atomic E-state index is -1.000. The monoisotopic (exact) mass is 743 g/mol. The van der Waals surface area contributed by atoms with Crippen LogP contribution in [0.3, 0.4) is 0 Å². The standard InChI is InChI=1S/C43H51Cl2N3O4/c1-9-10-12-24(2)28(6)29(7)38-35(44)16-15-33-32(13-11-18-52-31-19-25(3)39(45)26(4)20-31)41-42(49)47(22-27(5)48(41)40(33)38)37-23-46(8)36-17-14-30(43(50)51)21-34(36)37/h14-17,19-21,23-24,27-29H,9-13,18,22H2,1-8H3,(H,50,51)/t24-,27-,28-,29+/m1/s1. The van der Waals surface area contributed by atoms with Gasteiger partial charge in [0, 0.05) is 52.2 Å². The number of nitrogens with zero attached hydrogens (tertiary/aromatic N) is 3. The smallest absolute Gasteiger partial charge is 0.335 e. The Kier molecular flexibility index (Phi) is 11.0.